The van der Waals surface area contributed by atoms with Crippen LogP contribution in [0.5, 0.6) is 0 Å². The number of H-pyrrole nitrogens is 1. The molecule has 2 rings (SSSR count). The van der Waals surface area contributed by atoms with E-state index in [0.29, 0.717) is 12.7 Å². The number of aliphatic carboxylic acids is 1. The Kier molecular flexibility index (Phi) is 5.48. The van der Waals surface area contributed by atoms with Crippen LogP contribution in [-0.4, -0.2) is 40.3 Å². The molecule has 0 saturated heterocycles. The maximum Gasteiger partial charge on any atom is 0.320 e. The molecule has 0 fully saturated rings. The molecule has 7 nitrogen and oxygen atoms in total. The molecular weight excluding hydrogens is 298 g/mol. The Morgan fingerprint density at radius 1 is 1.35 bits per heavy atom. The molecule has 0 saturated carbocycles. The lowest BCUT2D eigenvalue weighted by atomic mass is 10.1. The van der Waals surface area contributed by atoms with Crippen molar-refractivity contribution in [2.24, 2.45) is 5.73 Å². The lowest BCUT2D eigenvalue weighted by Crippen LogP contribution is -2.39. The summed E-state index contributed by atoms with van der Waals surface area (Å²) in [6.07, 6.45) is 2.85. The summed E-state index contributed by atoms with van der Waals surface area (Å²) >= 11 is 0. The highest BCUT2D eigenvalue weighted by Gasteiger charge is 2.17. The number of carboxylic acids is 1. The van der Waals surface area contributed by atoms with Crippen molar-refractivity contribution >= 4 is 29.1 Å². The zero-order valence-electron chi connectivity index (χ0n) is 12.5. The predicted octanol–water partition coefficient (Wildman–Crippen LogP) is 0.586. The van der Waals surface area contributed by atoms with Gasteiger partial charge in [-0.05, 0) is 18.1 Å². The Hall–Kier alpha value is -2.67. The largest absolute Gasteiger partial charge is 0.480 e. The number of carbonyl (C=O) groups is 3. The summed E-state index contributed by atoms with van der Waals surface area (Å²) < 4.78 is 0. The number of rotatable bonds is 8. The van der Waals surface area contributed by atoms with Gasteiger partial charge in [0.1, 0.15) is 12.3 Å². The second kappa shape index (κ2) is 7.55. The van der Waals surface area contributed by atoms with Crippen LogP contribution in [0.1, 0.15) is 18.4 Å². The number of nitrogens with two attached hydrogens (primary N) is 1. The highest BCUT2D eigenvalue weighted by molar-refractivity contribution is 5.84. The number of aromatic nitrogens is 1. The van der Waals surface area contributed by atoms with E-state index in [9.17, 15) is 14.4 Å². The van der Waals surface area contributed by atoms with Crippen LogP contribution in [0, 0.1) is 0 Å². The summed E-state index contributed by atoms with van der Waals surface area (Å²) in [6.45, 7) is 0. The summed E-state index contributed by atoms with van der Waals surface area (Å²) in [6, 6.07) is 5.94. The highest BCUT2D eigenvalue weighted by atomic mass is 16.4. The van der Waals surface area contributed by atoms with Gasteiger partial charge in [-0.15, -0.1) is 0 Å². The van der Waals surface area contributed by atoms with Crippen LogP contribution < -0.4 is 11.1 Å². The molecule has 2 atom stereocenters. The van der Waals surface area contributed by atoms with Crippen molar-refractivity contribution in [2.75, 3.05) is 0 Å². The van der Waals surface area contributed by atoms with E-state index in [1.165, 1.54) is 0 Å². The number of aromatic amines is 1. The van der Waals surface area contributed by atoms with Gasteiger partial charge in [0.05, 0.1) is 6.04 Å². The standard InChI is InChI=1S/C16H19N3O4/c17-13(16(22)23)5-6-15(21)19-11(9-20)7-10-8-18-14-4-2-1-3-12(10)14/h1-4,8-9,11,13,18H,5-7,17H2,(H,19,21)(H,22,23)/t11-,13-/m1/s1. The van der Waals surface area contributed by atoms with Gasteiger partial charge in [0.2, 0.25) is 5.91 Å². The summed E-state index contributed by atoms with van der Waals surface area (Å²) in [5, 5.41) is 12.3. The molecule has 1 amide bonds. The fraction of sp³-hybridized carbons (Fsp3) is 0.312. The van der Waals surface area contributed by atoms with E-state index < -0.39 is 24.0 Å². The van der Waals surface area contributed by atoms with E-state index in [1.54, 1.807) is 0 Å². The predicted molar refractivity (Wildman–Crippen MR) is 84.8 cm³/mol. The van der Waals surface area contributed by atoms with Crippen molar-refractivity contribution in [1.82, 2.24) is 10.3 Å². The van der Waals surface area contributed by atoms with Gasteiger partial charge < -0.3 is 25.9 Å². The molecule has 2 aromatic rings. The number of carboxylic acid groups (broad SMARTS) is 1. The van der Waals surface area contributed by atoms with Crippen molar-refractivity contribution in [3.8, 4) is 0 Å². The van der Waals surface area contributed by atoms with Crippen molar-refractivity contribution < 1.29 is 19.5 Å². The number of amides is 1. The third-order valence-corrected chi connectivity index (χ3v) is 3.62. The zero-order valence-corrected chi connectivity index (χ0v) is 12.5. The normalized spacial score (nSPS) is 13.4. The van der Waals surface area contributed by atoms with Crippen LogP contribution in [0.3, 0.4) is 0 Å². The monoisotopic (exact) mass is 317 g/mol. The number of hydrogen-bond donors (Lipinski definition) is 4. The Balaban J connectivity index is 1.94. The Bertz CT molecular complexity index is 710. The average molecular weight is 317 g/mol. The van der Waals surface area contributed by atoms with Crippen LogP contribution in [0.4, 0.5) is 0 Å². The molecular formula is C16H19N3O4. The minimum atomic E-state index is -1.15. The van der Waals surface area contributed by atoms with Gasteiger partial charge >= 0.3 is 5.97 Å². The first-order chi connectivity index (χ1) is 11.0. The quantitative estimate of drug-likeness (QED) is 0.530. The summed E-state index contributed by atoms with van der Waals surface area (Å²) in [4.78, 5) is 36.7. The van der Waals surface area contributed by atoms with E-state index in [-0.39, 0.29) is 12.8 Å². The fourth-order valence-corrected chi connectivity index (χ4v) is 2.36. The van der Waals surface area contributed by atoms with Crippen LogP contribution in [0.15, 0.2) is 30.5 Å². The molecule has 1 aromatic heterocycles. The van der Waals surface area contributed by atoms with Crippen LogP contribution >= 0.6 is 0 Å². The number of fused-ring (bicyclic) bond motifs is 1. The molecule has 0 aliphatic rings. The molecule has 0 unspecified atom stereocenters. The lowest BCUT2D eigenvalue weighted by Gasteiger charge is -2.13. The van der Waals surface area contributed by atoms with Crippen molar-refractivity contribution in [3.05, 3.63) is 36.0 Å². The molecule has 1 heterocycles. The van der Waals surface area contributed by atoms with Gasteiger partial charge in [0, 0.05) is 29.9 Å². The molecule has 23 heavy (non-hydrogen) atoms. The minimum Gasteiger partial charge on any atom is -0.480 e. The van der Waals surface area contributed by atoms with Crippen molar-refractivity contribution in [3.63, 3.8) is 0 Å². The minimum absolute atomic E-state index is 0.0276. The first-order valence-corrected chi connectivity index (χ1v) is 7.29. The number of hydrogen-bond acceptors (Lipinski definition) is 4. The molecule has 0 bridgehead atoms. The third kappa shape index (κ3) is 4.40. The van der Waals surface area contributed by atoms with E-state index in [2.05, 4.69) is 10.3 Å². The van der Waals surface area contributed by atoms with Gasteiger partial charge in [-0.3, -0.25) is 9.59 Å². The Morgan fingerprint density at radius 2 is 2.09 bits per heavy atom. The van der Waals surface area contributed by atoms with E-state index in [4.69, 9.17) is 10.8 Å². The molecule has 5 N–H and O–H groups in total. The fourth-order valence-electron chi connectivity index (χ4n) is 2.36. The number of para-hydroxylation sites is 1. The number of benzene rings is 1. The van der Waals surface area contributed by atoms with Crippen molar-refractivity contribution in [1.29, 1.82) is 0 Å². The number of nitrogens with one attached hydrogen (secondary N) is 2. The Morgan fingerprint density at radius 3 is 2.78 bits per heavy atom. The first-order valence-electron chi connectivity index (χ1n) is 7.29. The van der Waals surface area contributed by atoms with E-state index >= 15 is 0 Å². The number of carbonyl (C=O) groups excluding carboxylic acids is 2. The zero-order chi connectivity index (χ0) is 16.8. The van der Waals surface area contributed by atoms with Crippen LogP contribution in [0.2, 0.25) is 0 Å². The Labute approximate surface area is 132 Å². The summed E-state index contributed by atoms with van der Waals surface area (Å²) in [7, 11) is 0. The van der Waals surface area contributed by atoms with Gasteiger partial charge in [0.25, 0.3) is 0 Å². The van der Waals surface area contributed by atoms with Crippen LogP contribution in [-0.2, 0) is 20.8 Å². The van der Waals surface area contributed by atoms with Gasteiger partial charge in [-0.1, -0.05) is 18.2 Å². The topological polar surface area (TPSA) is 125 Å². The molecule has 1 aromatic carbocycles. The summed E-state index contributed by atoms with van der Waals surface area (Å²) in [5.74, 6) is -1.54. The SMILES string of the molecule is N[C@H](CCC(=O)N[C@@H](C=O)Cc1c[nH]c2ccccc12)C(=O)O. The van der Waals surface area contributed by atoms with Gasteiger partial charge in [-0.25, -0.2) is 0 Å². The van der Waals surface area contributed by atoms with Crippen molar-refractivity contribution in [2.45, 2.75) is 31.3 Å². The van der Waals surface area contributed by atoms with E-state index in [1.807, 2.05) is 30.5 Å². The number of aldehydes is 1. The molecule has 7 heteroatoms. The third-order valence-electron chi connectivity index (χ3n) is 3.62. The average Bonchev–Trinajstić information content (AvgIpc) is 2.95. The maximum absolute atomic E-state index is 11.8. The molecule has 0 aliphatic carbocycles. The maximum atomic E-state index is 11.8. The molecule has 0 spiro atoms. The molecule has 0 radical (unpaired) electrons. The highest BCUT2D eigenvalue weighted by Crippen LogP contribution is 2.18. The molecule has 0 aliphatic heterocycles. The first kappa shape index (κ1) is 16.7. The van der Waals surface area contributed by atoms with Gasteiger partial charge in [0.15, 0.2) is 0 Å². The second-order valence-electron chi connectivity index (χ2n) is 5.36. The summed E-state index contributed by atoms with van der Waals surface area (Å²) in [5.41, 5.74) is 7.24. The second-order valence-corrected chi connectivity index (χ2v) is 5.36. The van der Waals surface area contributed by atoms with Gasteiger partial charge in [-0.2, -0.15) is 0 Å². The molecule has 122 valence electrons. The van der Waals surface area contributed by atoms with E-state index in [0.717, 1.165) is 16.5 Å². The smallest absolute Gasteiger partial charge is 0.320 e. The van der Waals surface area contributed by atoms with Crippen LogP contribution in [0.25, 0.3) is 10.9 Å². The lowest BCUT2D eigenvalue weighted by molar-refractivity contribution is -0.138.